The van der Waals surface area contributed by atoms with E-state index in [1.165, 1.54) is 0 Å². The van der Waals surface area contributed by atoms with E-state index >= 15 is 0 Å². The van der Waals surface area contributed by atoms with Crippen molar-refractivity contribution in [3.8, 4) is 0 Å². The van der Waals surface area contributed by atoms with Gasteiger partial charge in [0.05, 0.1) is 6.10 Å². The third-order valence-electron chi connectivity index (χ3n) is 1.75. The van der Waals surface area contributed by atoms with Crippen molar-refractivity contribution in [2.24, 2.45) is 0 Å². The topological polar surface area (TPSA) is 63.6 Å². The van der Waals surface area contributed by atoms with Crippen molar-refractivity contribution >= 4 is 10.4 Å². The Morgan fingerprint density at radius 1 is 1.23 bits per heavy atom. The Labute approximate surface area is 80.2 Å². The number of hydrogen-bond donors (Lipinski definition) is 1. The normalized spacial score (nSPS) is 14.4. The van der Waals surface area contributed by atoms with Crippen LogP contribution in [0.1, 0.15) is 46.0 Å². The van der Waals surface area contributed by atoms with Crippen molar-refractivity contribution in [1.29, 1.82) is 0 Å². The quantitative estimate of drug-likeness (QED) is 0.654. The van der Waals surface area contributed by atoms with E-state index in [0.717, 1.165) is 19.3 Å². The van der Waals surface area contributed by atoms with Crippen LogP contribution in [0.15, 0.2) is 0 Å². The Balaban J connectivity index is 3.94. The molecule has 0 spiro atoms. The van der Waals surface area contributed by atoms with E-state index in [9.17, 15) is 8.42 Å². The van der Waals surface area contributed by atoms with E-state index in [2.05, 4.69) is 4.18 Å². The highest BCUT2D eigenvalue weighted by Crippen LogP contribution is 2.12. The first-order valence-electron chi connectivity index (χ1n) is 4.65. The highest BCUT2D eigenvalue weighted by atomic mass is 32.3. The van der Waals surface area contributed by atoms with Crippen LogP contribution < -0.4 is 0 Å². The molecular formula is C8H18O4S. The fraction of sp³-hybridized carbons (Fsp3) is 1.00. The summed E-state index contributed by atoms with van der Waals surface area (Å²) in [4.78, 5) is 0. The molecule has 0 saturated carbocycles. The van der Waals surface area contributed by atoms with E-state index in [0.29, 0.717) is 12.8 Å². The molecule has 1 atom stereocenters. The molecule has 0 rings (SSSR count). The summed E-state index contributed by atoms with van der Waals surface area (Å²) in [5.74, 6) is 0. The Bertz CT molecular complexity index is 210. The van der Waals surface area contributed by atoms with Gasteiger partial charge in [-0.3, -0.25) is 4.55 Å². The molecule has 0 aliphatic heterocycles. The van der Waals surface area contributed by atoms with Crippen LogP contribution in [0.25, 0.3) is 0 Å². The van der Waals surface area contributed by atoms with Gasteiger partial charge >= 0.3 is 10.4 Å². The number of hydrogen-bond acceptors (Lipinski definition) is 3. The van der Waals surface area contributed by atoms with Gasteiger partial charge in [-0.25, -0.2) is 4.18 Å². The Kier molecular flexibility index (Phi) is 6.28. The van der Waals surface area contributed by atoms with Gasteiger partial charge in [0, 0.05) is 0 Å². The summed E-state index contributed by atoms with van der Waals surface area (Å²) >= 11 is 0. The van der Waals surface area contributed by atoms with Crippen LogP contribution in [0.5, 0.6) is 0 Å². The molecule has 5 heteroatoms. The molecule has 0 aromatic carbocycles. The third-order valence-corrected chi connectivity index (χ3v) is 2.26. The predicted octanol–water partition coefficient (Wildman–Crippen LogP) is 2.16. The molecule has 0 aromatic rings. The average molecular weight is 210 g/mol. The van der Waals surface area contributed by atoms with E-state index < -0.39 is 10.4 Å². The second kappa shape index (κ2) is 6.34. The summed E-state index contributed by atoms with van der Waals surface area (Å²) < 4.78 is 33.8. The second-order valence-corrected chi connectivity index (χ2v) is 4.12. The molecule has 0 radical (unpaired) electrons. The SMILES string of the molecule is CCCC[C@H](CCC)OS(=O)(=O)O. The maximum Gasteiger partial charge on any atom is 0.397 e. The molecule has 0 heterocycles. The Morgan fingerprint density at radius 3 is 2.23 bits per heavy atom. The van der Waals surface area contributed by atoms with Gasteiger partial charge in [0.2, 0.25) is 0 Å². The summed E-state index contributed by atoms with van der Waals surface area (Å²) in [5.41, 5.74) is 0. The second-order valence-electron chi connectivity index (χ2n) is 3.08. The molecule has 0 aliphatic carbocycles. The summed E-state index contributed by atoms with van der Waals surface area (Å²) in [7, 11) is -4.28. The molecule has 0 bridgehead atoms. The van der Waals surface area contributed by atoms with Gasteiger partial charge in [0.25, 0.3) is 0 Å². The predicted molar refractivity (Wildman–Crippen MR) is 50.9 cm³/mol. The first-order chi connectivity index (χ1) is 5.99. The van der Waals surface area contributed by atoms with Gasteiger partial charge in [-0.2, -0.15) is 8.42 Å². The van der Waals surface area contributed by atoms with Gasteiger partial charge < -0.3 is 0 Å². The van der Waals surface area contributed by atoms with Crippen molar-refractivity contribution in [2.75, 3.05) is 0 Å². The third kappa shape index (κ3) is 8.21. The van der Waals surface area contributed by atoms with Gasteiger partial charge in [-0.05, 0) is 12.8 Å². The molecule has 80 valence electrons. The molecule has 13 heavy (non-hydrogen) atoms. The monoisotopic (exact) mass is 210 g/mol. The van der Waals surface area contributed by atoms with Crippen LogP contribution in [0.4, 0.5) is 0 Å². The van der Waals surface area contributed by atoms with Crippen molar-refractivity contribution in [3.63, 3.8) is 0 Å². The molecule has 0 amide bonds. The first-order valence-corrected chi connectivity index (χ1v) is 6.01. The maximum absolute atomic E-state index is 10.4. The summed E-state index contributed by atoms with van der Waals surface area (Å²) in [6, 6.07) is 0. The number of rotatable bonds is 7. The lowest BCUT2D eigenvalue weighted by Crippen LogP contribution is -2.17. The molecule has 0 aromatic heterocycles. The zero-order valence-electron chi connectivity index (χ0n) is 8.19. The summed E-state index contributed by atoms with van der Waals surface area (Å²) in [6.07, 6.45) is 3.75. The van der Waals surface area contributed by atoms with Crippen LogP contribution >= 0.6 is 0 Å². The molecule has 1 N–H and O–H groups in total. The largest absolute Gasteiger partial charge is 0.397 e. The lowest BCUT2D eigenvalue weighted by Gasteiger charge is -2.13. The fourth-order valence-electron chi connectivity index (χ4n) is 1.17. The van der Waals surface area contributed by atoms with Crippen molar-refractivity contribution in [3.05, 3.63) is 0 Å². The van der Waals surface area contributed by atoms with Gasteiger partial charge in [-0.1, -0.05) is 33.1 Å². The van der Waals surface area contributed by atoms with E-state index in [4.69, 9.17) is 4.55 Å². The van der Waals surface area contributed by atoms with Crippen molar-refractivity contribution < 1.29 is 17.2 Å². The van der Waals surface area contributed by atoms with Crippen molar-refractivity contribution in [2.45, 2.75) is 52.1 Å². The van der Waals surface area contributed by atoms with Crippen LogP contribution in [-0.2, 0) is 14.6 Å². The van der Waals surface area contributed by atoms with Gasteiger partial charge in [-0.15, -0.1) is 0 Å². The minimum absolute atomic E-state index is 0.361. The van der Waals surface area contributed by atoms with Crippen molar-refractivity contribution in [1.82, 2.24) is 0 Å². The van der Waals surface area contributed by atoms with E-state index in [1.54, 1.807) is 0 Å². The highest BCUT2D eigenvalue weighted by Gasteiger charge is 2.15. The zero-order valence-corrected chi connectivity index (χ0v) is 9.01. The van der Waals surface area contributed by atoms with Crippen LogP contribution in [0, 0.1) is 0 Å². The smallest absolute Gasteiger partial charge is 0.264 e. The van der Waals surface area contributed by atoms with Crippen LogP contribution in [-0.4, -0.2) is 19.1 Å². The first kappa shape index (κ1) is 12.9. The Morgan fingerprint density at radius 2 is 1.85 bits per heavy atom. The highest BCUT2D eigenvalue weighted by molar-refractivity contribution is 7.80. The molecule has 0 fully saturated rings. The minimum Gasteiger partial charge on any atom is -0.264 e. The molecular weight excluding hydrogens is 192 g/mol. The minimum atomic E-state index is -4.28. The average Bonchev–Trinajstić information content (AvgIpc) is 1.98. The van der Waals surface area contributed by atoms with Crippen LogP contribution in [0.2, 0.25) is 0 Å². The Hall–Kier alpha value is -0.130. The number of unbranched alkanes of at least 4 members (excludes halogenated alkanes) is 1. The summed E-state index contributed by atoms with van der Waals surface area (Å²) in [6.45, 7) is 3.97. The summed E-state index contributed by atoms with van der Waals surface area (Å²) in [5, 5.41) is 0. The zero-order chi connectivity index (χ0) is 10.3. The van der Waals surface area contributed by atoms with Crippen LogP contribution in [0.3, 0.4) is 0 Å². The fourth-order valence-corrected chi connectivity index (χ4v) is 1.70. The molecule has 0 aliphatic rings. The lowest BCUT2D eigenvalue weighted by molar-refractivity contribution is 0.160. The standard InChI is InChI=1S/C8H18O4S/c1-3-5-7-8(6-4-2)12-13(9,10)11/h8H,3-7H2,1-2H3,(H,9,10,11)/t8-/m0/s1. The molecule has 4 nitrogen and oxygen atoms in total. The lowest BCUT2D eigenvalue weighted by atomic mass is 10.1. The molecule has 0 saturated heterocycles. The maximum atomic E-state index is 10.4. The van der Waals surface area contributed by atoms with E-state index in [-0.39, 0.29) is 6.10 Å². The van der Waals surface area contributed by atoms with Gasteiger partial charge in [0.1, 0.15) is 0 Å². The molecule has 0 unspecified atom stereocenters. The van der Waals surface area contributed by atoms with Gasteiger partial charge in [0.15, 0.2) is 0 Å². The van der Waals surface area contributed by atoms with E-state index in [1.807, 2.05) is 13.8 Å².